The molecule has 5 rings (SSSR count). The van der Waals surface area contributed by atoms with Crippen molar-refractivity contribution >= 4 is 39.1 Å². The van der Waals surface area contributed by atoms with Crippen LogP contribution in [-0.2, 0) is 12.8 Å². The number of para-hydroxylation sites is 1. The van der Waals surface area contributed by atoms with E-state index in [0.717, 1.165) is 64.8 Å². The minimum atomic E-state index is -0.489. The number of aryl methyl sites for hydroxylation is 1. The summed E-state index contributed by atoms with van der Waals surface area (Å²) in [5.41, 5.74) is 10.1. The molecule has 2 heterocycles. The largest absolute Gasteiger partial charge is 0.497 e. The molecule has 4 aromatic rings. The fourth-order valence-electron chi connectivity index (χ4n) is 4.71. The number of amides is 2. The number of aromatic nitrogens is 1. The number of carbonyl (C=O) groups excluding carboxylic acids is 2. The molecule has 0 saturated heterocycles. The number of rotatable bonds is 5. The summed E-state index contributed by atoms with van der Waals surface area (Å²) in [6, 6.07) is 16.9. The Balaban J connectivity index is 1.56. The Labute approximate surface area is 208 Å². The fraction of sp³-hybridized carbons (Fsp3) is 0.250. The average Bonchev–Trinajstić information content (AvgIpc) is 3.19. The van der Waals surface area contributed by atoms with Crippen LogP contribution in [0.15, 0.2) is 54.6 Å². The quantitative estimate of drug-likeness (QED) is 0.363. The third-order valence-corrected chi connectivity index (χ3v) is 7.70. The molecule has 2 aromatic heterocycles. The Hall–Kier alpha value is -3.71. The van der Waals surface area contributed by atoms with E-state index >= 15 is 0 Å². The first-order valence-electron chi connectivity index (χ1n) is 11.8. The van der Waals surface area contributed by atoms with Crippen molar-refractivity contribution in [3.63, 3.8) is 0 Å². The summed E-state index contributed by atoms with van der Waals surface area (Å²) in [6.07, 6.45) is 6.17. The van der Waals surface area contributed by atoms with E-state index in [1.54, 1.807) is 13.2 Å². The number of nitrogens with two attached hydrogens (primary N) is 1. The number of nitrogens with zero attached hydrogens (tertiary/aromatic N) is 1. The zero-order valence-electron chi connectivity index (χ0n) is 19.6. The molecule has 0 atom stereocenters. The minimum absolute atomic E-state index is 0.282. The van der Waals surface area contributed by atoms with Crippen LogP contribution < -0.4 is 15.8 Å². The van der Waals surface area contributed by atoms with Crippen molar-refractivity contribution in [3.05, 3.63) is 76.2 Å². The standard InChI is InChI=1S/C28H27N3O3S/c1-34-18-14-12-17(13-15-18)23-16-21(19-8-6-7-10-22(19)30-23)27(33)31-28-25(26(29)32)20-9-4-2-3-5-11-24(20)35-28/h6-8,10,12-16H,2-5,9,11H2,1H3,(H2,29,32)(H,31,33). The first kappa shape index (κ1) is 23.1. The van der Waals surface area contributed by atoms with Crippen molar-refractivity contribution in [1.82, 2.24) is 4.98 Å². The topological polar surface area (TPSA) is 94.3 Å². The minimum Gasteiger partial charge on any atom is -0.497 e. The van der Waals surface area contributed by atoms with Gasteiger partial charge >= 0.3 is 0 Å². The lowest BCUT2D eigenvalue weighted by molar-refractivity contribution is 0.100. The number of anilines is 1. The highest BCUT2D eigenvalue weighted by Gasteiger charge is 2.25. The molecule has 178 valence electrons. The van der Waals surface area contributed by atoms with Crippen molar-refractivity contribution < 1.29 is 14.3 Å². The first-order chi connectivity index (χ1) is 17.0. The second-order valence-electron chi connectivity index (χ2n) is 8.74. The van der Waals surface area contributed by atoms with Crippen LogP contribution in [0, 0.1) is 0 Å². The fourth-order valence-corrected chi connectivity index (χ4v) is 6.00. The third-order valence-electron chi connectivity index (χ3n) is 6.49. The Morgan fingerprint density at radius 1 is 1.00 bits per heavy atom. The number of ether oxygens (including phenoxy) is 1. The van der Waals surface area contributed by atoms with E-state index in [1.807, 2.05) is 48.5 Å². The van der Waals surface area contributed by atoms with Crippen LogP contribution in [0.25, 0.3) is 22.2 Å². The highest BCUT2D eigenvalue weighted by atomic mass is 32.1. The molecule has 0 bridgehead atoms. The zero-order chi connectivity index (χ0) is 24.4. The normalized spacial score (nSPS) is 13.5. The van der Waals surface area contributed by atoms with Gasteiger partial charge in [-0.2, -0.15) is 0 Å². The number of hydrogen-bond donors (Lipinski definition) is 2. The van der Waals surface area contributed by atoms with Gasteiger partial charge in [0.1, 0.15) is 10.8 Å². The first-order valence-corrected chi connectivity index (χ1v) is 12.7. The number of methoxy groups -OCH3 is 1. The van der Waals surface area contributed by atoms with Gasteiger partial charge in [-0.1, -0.05) is 31.0 Å². The molecule has 1 aliphatic rings. The van der Waals surface area contributed by atoms with E-state index in [4.69, 9.17) is 15.5 Å². The zero-order valence-corrected chi connectivity index (χ0v) is 20.4. The van der Waals surface area contributed by atoms with E-state index in [0.29, 0.717) is 21.8 Å². The van der Waals surface area contributed by atoms with Gasteiger partial charge in [0.15, 0.2) is 0 Å². The van der Waals surface area contributed by atoms with Gasteiger partial charge in [-0.15, -0.1) is 11.3 Å². The van der Waals surface area contributed by atoms with Gasteiger partial charge in [-0.25, -0.2) is 4.98 Å². The molecular weight excluding hydrogens is 458 g/mol. The predicted octanol–water partition coefficient (Wildman–Crippen LogP) is 5.98. The number of benzene rings is 2. The summed E-state index contributed by atoms with van der Waals surface area (Å²) in [5, 5.41) is 4.32. The van der Waals surface area contributed by atoms with Crippen molar-refractivity contribution in [1.29, 1.82) is 0 Å². The third kappa shape index (κ3) is 4.64. The van der Waals surface area contributed by atoms with Gasteiger partial charge in [-0.3, -0.25) is 9.59 Å². The number of nitrogens with one attached hydrogen (secondary N) is 1. The number of carbonyl (C=O) groups is 2. The Morgan fingerprint density at radius 3 is 2.49 bits per heavy atom. The maximum absolute atomic E-state index is 13.6. The van der Waals surface area contributed by atoms with E-state index in [-0.39, 0.29) is 5.91 Å². The number of pyridine rings is 1. The molecule has 0 spiro atoms. The summed E-state index contributed by atoms with van der Waals surface area (Å²) in [5.74, 6) is -0.0216. The van der Waals surface area contributed by atoms with Gasteiger partial charge < -0.3 is 15.8 Å². The van der Waals surface area contributed by atoms with E-state index < -0.39 is 5.91 Å². The lowest BCUT2D eigenvalue weighted by Gasteiger charge is -2.12. The van der Waals surface area contributed by atoms with Crippen LogP contribution in [0.4, 0.5) is 5.00 Å². The molecule has 2 aromatic carbocycles. The molecule has 0 unspecified atom stereocenters. The molecule has 0 radical (unpaired) electrons. The second-order valence-corrected chi connectivity index (χ2v) is 9.85. The monoisotopic (exact) mass is 485 g/mol. The molecular formula is C28H27N3O3S. The molecule has 35 heavy (non-hydrogen) atoms. The summed E-state index contributed by atoms with van der Waals surface area (Å²) in [7, 11) is 1.62. The summed E-state index contributed by atoms with van der Waals surface area (Å²) < 4.78 is 5.26. The van der Waals surface area contributed by atoms with Gasteiger partial charge in [0.05, 0.1) is 29.4 Å². The Bertz CT molecular complexity index is 1410. The average molecular weight is 486 g/mol. The van der Waals surface area contributed by atoms with Crippen molar-refractivity contribution in [3.8, 4) is 17.0 Å². The SMILES string of the molecule is COc1ccc(-c2cc(C(=O)Nc3sc4c(c3C(N)=O)CCCCCC4)c3ccccc3n2)cc1. The molecule has 0 saturated carbocycles. The summed E-state index contributed by atoms with van der Waals surface area (Å²) >= 11 is 1.48. The second kappa shape index (κ2) is 9.88. The summed E-state index contributed by atoms with van der Waals surface area (Å²) in [6.45, 7) is 0. The number of thiophene rings is 1. The molecule has 2 amide bonds. The number of primary amides is 1. The van der Waals surface area contributed by atoms with E-state index in [2.05, 4.69) is 5.32 Å². The van der Waals surface area contributed by atoms with E-state index in [9.17, 15) is 9.59 Å². The highest BCUT2D eigenvalue weighted by molar-refractivity contribution is 7.17. The van der Waals surface area contributed by atoms with Crippen molar-refractivity contribution in [2.75, 3.05) is 12.4 Å². The van der Waals surface area contributed by atoms with Crippen LogP contribution in [-0.4, -0.2) is 23.9 Å². The van der Waals surface area contributed by atoms with E-state index in [1.165, 1.54) is 17.8 Å². The van der Waals surface area contributed by atoms with Crippen LogP contribution in [0.3, 0.4) is 0 Å². The van der Waals surface area contributed by atoms with Crippen molar-refractivity contribution in [2.24, 2.45) is 5.73 Å². The molecule has 7 heteroatoms. The Morgan fingerprint density at radius 2 is 1.74 bits per heavy atom. The van der Waals surface area contributed by atoms with Crippen LogP contribution in [0.1, 0.15) is 56.8 Å². The van der Waals surface area contributed by atoms with Crippen LogP contribution >= 0.6 is 11.3 Å². The lowest BCUT2D eigenvalue weighted by Crippen LogP contribution is -2.18. The van der Waals surface area contributed by atoms with Gasteiger partial charge in [0.2, 0.25) is 0 Å². The summed E-state index contributed by atoms with van der Waals surface area (Å²) in [4.78, 5) is 32.0. The Kier molecular flexibility index (Phi) is 6.51. The lowest BCUT2D eigenvalue weighted by atomic mass is 9.96. The van der Waals surface area contributed by atoms with Gasteiger partial charge in [0, 0.05) is 15.8 Å². The van der Waals surface area contributed by atoms with Gasteiger partial charge in [-0.05, 0) is 67.6 Å². The smallest absolute Gasteiger partial charge is 0.257 e. The number of fused-ring (bicyclic) bond motifs is 2. The molecule has 3 N–H and O–H groups in total. The van der Waals surface area contributed by atoms with Crippen LogP contribution in [0.2, 0.25) is 0 Å². The molecule has 1 aliphatic carbocycles. The van der Waals surface area contributed by atoms with Gasteiger partial charge in [0.25, 0.3) is 11.8 Å². The highest BCUT2D eigenvalue weighted by Crippen LogP contribution is 2.37. The predicted molar refractivity (Wildman–Crippen MR) is 140 cm³/mol. The van der Waals surface area contributed by atoms with Crippen molar-refractivity contribution in [2.45, 2.75) is 38.5 Å². The molecule has 0 aliphatic heterocycles. The molecule has 6 nitrogen and oxygen atoms in total. The maximum Gasteiger partial charge on any atom is 0.257 e. The number of hydrogen-bond acceptors (Lipinski definition) is 5. The van der Waals surface area contributed by atoms with Crippen LogP contribution in [0.5, 0.6) is 5.75 Å². The maximum atomic E-state index is 13.6. The molecule has 0 fully saturated rings.